The van der Waals surface area contributed by atoms with Crippen molar-refractivity contribution in [1.29, 1.82) is 0 Å². The number of halogens is 2. The second kappa shape index (κ2) is 16.7. The van der Waals surface area contributed by atoms with Gasteiger partial charge in [0.1, 0.15) is 5.75 Å². The average Bonchev–Trinajstić information content (AvgIpc) is 2.73. The van der Waals surface area contributed by atoms with Crippen molar-refractivity contribution < 1.29 is 18.5 Å². The van der Waals surface area contributed by atoms with Crippen LogP contribution in [0.25, 0.3) is 22.0 Å². The molecule has 0 amide bonds. The Balaban J connectivity index is 0.000000193. The maximum atomic E-state index is 9.33. The van der Waals surface area contributed by atoms with Crippen LogP contribution in [0.3, 0.4) is 0 Å². The van der Waals surface area contributed by atoms with Crippen LogP contribution in [0.15, 0.2) is 24.3 Å². The Kier molecular flexibility index (Phi) is 15.2. The van der Waals surface area contributed by atoms with Crippen molar-refractivity contribution in [2.24, 2.45) is 0 Å². The number of piperidine rings is 2. The van der Waals surface area contributed by atoms with Gasteiger partial charge in [0.15, 0.2) is 0 Å². The number of benzene rings is 1. The molecule has 0 saturated carbocycles. The zero-order chi connectivity index (χ0) is 18.9. The molecule has 0 aliphatic carbocycles. The van der Waals surface area contributed by atoms with E-state index < -0.39 is 0 Å². The van der Waals surface area contributed by atoms with Crippen LogP contribution in [0.2, 0.25) is 0 Å². The molecule has 1 N–H and O–H groups in total. The normalized spacial score (nSPS) is 17.6. The van der Waals surface area contributed by atoms with Gasteiger partial charge >= 0.3 is 33.5 Å². The molecule has 3 heterocycles. The van der Waals surface area contributed by atoms with Crippen LogP contribution in [-0.2, 0) is 13.4 Å². The van der Waals surface area contributed by atoms with E-state index in [0.29, 0.717) is 6.54 Å². The summed E-state index contributed by atoms with van der Waals surface area (Å²) in [5.41, 5.74) is 1.71. The predicted molar refractivity (Wildman–Crippen MR) is 111 cm³/mol. The van der Waals surface area contributed by atoms with Crippen LogP contribution in [0.4, 0.5) is 5.69 Å². The van der Waals surface area contributed by atoms with E-state index in [0.717, 1.165) is 37.4 Å². The fourth-order valence-corrected chi connectivity index (χ4v) is 2.65. The maximum absolute atomic E-state index is 9.33. The number of aromatic hydroxyl groups is 1. The molecular weight excluding hydrogens is 409 g/mol. The molecule has 0 unspecified atom stereocenters. The Hall–Kier alpha value is -0.408. The zero-order valence-electron chi connectivity index (χ0n) is 15.1. The molecule has 2 fully saturated rings. The number of nitrogens with zero attached hydrogens (tertiary/aromatic N) is 3. The third-order valence-corrected chi connectivity index (χ3v) is 3.96. The summed E-state index contributed by atoms with van der Waals surface area (Å²) in [4.78, 5) is 0. The standard InChI is InChI=1S/C9H8NO.2C5H10N.2ClH.Cr/c11-8-5-1-3-7-4-2-6-10-9(7)8;2*1-2-4-6-5-3-1;;;/h1-5,11H,6H2;2*1-5H2;2*1H;/q3*-1;;;+2/p-2. The predicted octanol–water partition coefficient (Wildman–Crippen LogP) is 6.89. The van der Waals surface area contributed by atoms with E-state index in [1.54, 1.807) is 6.07 Å². The number of para-hydroxylation sites is 1. The molecule has 4 nitrogen and oxygen atoms in total. The molecule has 0 radical (unpaired) electrons. The molecule has 1 aromatic carbocycles. The second-order valence-corrected chi connectivity index (χ2v) is 8.09. The van der Waals surface area contributed by atoms with E-state index in [1.807, 2.05) is 24.3 Å². The second-order valence-electron chi connectivity index (χ2n) is 5.98. The molecule has 4 rings (SSSR count). The van der Waals surface area contributed by atoms with Crippen LogP contribution < -0.4 is 0 Å². The summed E-state index contributed by atoms with van der Waals surface area (Å²) in [5.74, 6) is 0.270. The molecule has 26 heavy (non-hydrogen) atoms. The molecule has 3 aliphatic rings. The molecule has 2 saturated heterocycles. The first-order chi connectivity index (χ1) is 12.8. The summed E-state index contributed by atoms with van der Waals surface area (Å²) in [6.45, 7) is 5.17. The van der Waals surface area contributed by atoms with E-state index in [1.165, 1.54) is 38.5 Å². The SMILES string of the molecule is C1CC[N-]CC1.C1CC[N-]CC1.Oc1cccc2c1[N-]CC=C2.[Cl][Cr][Cl]. The van der Waals surface area contributed by atoms with E-state index in [4.69, 9.17) is 20.1 Å². The van der Waals surface area contributed by atoms with Gasteiger partial charge in [-0.15, -0.1) is 38.8 Å². The van der Waals surface area contributed by atoms with Crippen molar-refractivity contribution >= 4 is 31.9 Å². The summed E-state index contributed by atoms with van der Waals surface area (Å²) in [6, 6.07) is 5.41. The van der Waals surface area contributed by atoms with Crippen LogP contribution in [-0.4, -0.2) is 37.8 Å². The quantitative estimate of drug-likeness (QED) is 0.472. The number of phenolic OH excluding ortho intramolecular Hbond substituents is 1. The first-order valence-corrected chi connectivity index (χ1v) is 12.6. The molecule has 148 valence electrons. The topological polar surface area (TPSA) is 62.5 Å². The van der Waals surface area contributed by atoms with Crippen molar-refractivity contribution in [2.75, 3.05) is 32.7 Å². The van der Waals surface area contributed by atoms with Gasteiger partial charge in [-0.2, -0.15) is 0 Å². The van der Waals surface area contributed by atoms with Gasteiger partial charge in [0.25, 0.3) is 0 Å². The fraction of sp³-hybridized carbons (Fsp3) is 0.579. The Labute approximate surface area is 172 Å². The summed E-state index contributed by atoms with van der Waals surface area (Å²) in [6.07, 6.45) is 12.1. The molecule has 3 aliphatic heterocycles. The third-order valence-electron chi connectivity index (χ3n) is 3.96. The average molecular weight is 437 g/mol. The van der Waals surface area contributed by atoms with Gasteiger partial charge in [0.05, 0.1) is 0 Å². The molecule has 1 aromatic rings. The van der Waals surface area contributed by atoms with Crippen molar-refractivity contribution in [3.05, 3.63) is 45.8 Å². The Morgan fingerprint density at radius 1 is 0.846 bits per heavy atom. The number of phenols is 1. The number of hydrogen-bond acceptors (Lipinski definition) is 1. The Morgan fingerprint density at radius 2 is 1.38 bits per heavy atom. The van der Waals surface area contributed by atoms with E-state index in [-0.39, 0.29) is 19.1 Å². The van der Waals surface area contributed by atoms with Crippen LogP contribution in [0.1, 0.15) is 44.1 Å². The molecule has 0 atom stereocenters. The van der Waals surface area contributed by atoms with E-state index in [2.05, 4.69) is 16.0 Å². The number of rotatable bonds is 0. The third kappa shape index (κ3) is 11.3. The summed E-state index contributed by atoms with van der Waals surface area (Å²) >= 11 is -0.181. The Bertz CT molecular complexity index is 461. The van der Waals surface area contributed by atoms with Gasteiger partial charge in [-0.1, -0.05) is 62.4 Å². The van der Waals surface area contributed by atoms with Crippen LogP contribution in [0.5, 0.6) is 5.75 Å². The van der Waals surface area contributed by atoms with Gasteiger partial charge in [-0.25, -0.2) is 0 Å². The first-order valence-electron chi connectivity index (χ1n) is 9.11. The zero-order valence-corrected chi connectivity index (χ0v) is 17.9. The molecular formula is C19H28Cl2CrN3O-3. The molecule has 0 bridgehead atoms. The summed E-state index contributed by atoms with van der Waals surface area (Å²) < 4.78 is 0. The summed E-state index contributed by atoms with van der Waals surface area (Å²) in [5, 5.41) is 21.8. The van der Waals surface area contributed by atoms with Crippen LogP contribution >= 0.6 is 20.1 Å². The van der Waals surface area contributed by atoms with Crippen LogP contribution in [0, 0.1) is 0 Å². The van der Waals surface area contributed by atoms with E-state index >= 15 is 0 Å². The van der Waals surface area contributed by atoms with Gasteiger partial charge in [0, 0.05) is 0 Å². The Morgan fingerprint density at radius 3 is 1.77 bits per heavy atom. The van der Waals surface area contributed by atoms with E-state index in [9.17, 15) is 5.11 Å². The van der Waals surface area contributed by atoms with Crippen molar-refractivity contribution in [3.63, 3.8) is 0 Å². The minimum atomic E-state index is -0.181. The van der Waals surface area contributed by atoms with Gasteiger partial charge in [-0.05, 0) is 11.6 Å². The molecule has 7 heteroatoms. The van der Waals surface area contributed by atoms with Crippen molar-refractivity contribution in [2.45, 2.75) is 38.5 Å². The van der Waals surface area contributed by atoms with Crippen molar-refractivity contribution in [1.82, 2.24) is 0 Å². The first kappa shape index (κ1) is 23.6. The number of fused-ring (bicyclic) bond motifs is 1. The fourth-order valence-electron chi connectivity index (χ4n) is 2.65. The van der Waals surface area contributed by atoms with Gasteiger partial charge < -0.3 is 21.1 Å². The van der Waals surface area contributed by atoms with Crippen molar-refractivity contribution in [3.8, 4) is 5.75 Å². The monoisotopic (exact) mass is 436 g/mol. The minimum absolute atomic E-state index is 0.181. The van der Waals surface area contributed by atoms with Gasteiger partial charge in [-0.3, -0.25) is 0 Å². The molecule has 0 aromatic heterocycles. The summed E-state index contributed by atoms with van der Waals surface area (Å²) in [7, 11) is 9.65. The number of hydrogen-bond donors (Lipinski definition) is 1. The van der Waals surface area contributed by atoms with Gasteiger partial charge in [0.2, 0.25) is 0 Å². The molecule has 0 spiro atoms.